The molecule has 0 N–H and O–H groups in total. The van der Waals surface area contributed by atoms with Crippen LogP contribution in [0.5, 0.6) is 5.75 Å². The first-order valence-electron chi connectivity index (χ1n) is 5.58. The number of ether oxygens (including phenoxy) is 1. The smallest absolute Gasteiger partial charge is 0.404 e. The molecule has 1 heterocycles. The van der Waals surface area contributed by atoms with Crippen LogP contribution in [-0.2, 0) is 0 Å². The van der Waals surface area contributed by atoms with Gasteiger partial charge < -0.3 is 4.74 Å². The second kappa shape index (κ2) is 4.20. The summed E-state index contributed by atoms with van der Waals surface area (Å²) in [6.07, 6.45) is -2.44. The average Bonchev–Trinajstić information content (AvgIpc) is 2.96. The van der Waals surface area contributed by atoms with Crippen LogP contribution in [-0.4, -0.2) is 11.3 Å². The second-order valence-electron chi connectivity index (χ2n) is 4.72. The van der Waals surface area contributed by atoms with Crippen molar-refractivity contribution < 1.29 is 17.9 Å². The van der Waals surface area contributed by atoms with E-state index in [-0.39, 0.29) is 5.75 Å². The highest BCUT2D eigenvalue weighted by atomic mass is 19.4. The third kappa shape index (κ3) is 3.11. The van der Waals surface area contributed by atoms with Crippen LogP contribution in [0, 0.1) is 11.8 Å². The molecule has 1 aliphatic carbocycles. The first-order chi connectivity index (χ1) is 7.87. The summed E-state index contributed by atoms with van der Waals surface area (Å²) in [7, 11) is 0. The number of nitrogens with zero attached hydrogens (tertiary/aromatic N) is 1. The molecule has 1 aliphatic rings. The SMILES string of the molecule is CC(C)[C@H]1C[C@@H]1c1ccc(OC(F)(F)F)cn1. The maximum atomic E-state index is 11.9. The maximum absolute atomic E-state index is 11.9. The number of hydrogen-bond donors (Lipinski definition) is 0. The molecule has 0 radical (unpaired) electrons. The Bertz CT molecular complexity index is 386. The summed E-state index contributed by atoms with van der Waals surface area (Å²) >= 11 is 0. The minimum Gasteiger partial charge on any atom is -0.404 e. The van der Waals surface area contributed by atoms with Gasteiger partial charge in [0.15, 0.2) is 0 Å². The molecule has 0 saturated heterocycles. The Labute approximate surface area is 97.8 Å². The van der Waals surface area contributed by atoms with Crippen LogP contribution in [0.15, 0.2) is 18.3 Å². The Kier molecular flexibility index (Phi) is 3.02. The molecule has 17 heavy (non-hydrogen) atoms. The average molecular weight is 245 g/mol. The monoisotopic (exact) mass is 245 g/mol. The van der Waals surface area contributed by atoms with Crippen molar-refractivity contribution in [2.24, 2.45) is 11.8 Å². The first-order valence-corrected chi connectivity index (χ1v) is 5.58. The van der Waals surface area contributed by atoms with Gasteiger partial charge in [-0.1, -0.05) is 13.8 Å². The van der Waals surface area contributed by atoms with Gasteiger partial charge >= 0.3 is 6.36 Å². The number of hydrogen-bond acceptors (Lipinski definition) is 2. The summed E-state index contributed by atoms with van der Waals surface area (Å²) in [6.45, 7) is 4.29. The fraction of sp³-hybridized carbons (Fsp3) is 0.583. The molecule has 0 bridgehead atoms. The van der Waals surface area contributed by atoms with Crippen molar-refractivity contribution >= 4 is 0 Å². The predicted octanol–water partition coefficient (Wildman–Crippen LogP) is 3.74. The highest BCUT2D eigenvalue weighted by molar-refractivity contribution is 5.25. The highest BCUT2D eigenvalue weighted by Gasteiger charge is 2.41. The van der Waals surface area contributed by atoms with Gasteiger partial charge in [-0.25, -0.2) is 0 Å². The molecule has 2 nitrogen and oxygen atoms in total. The van der Waals surface area contributed by atoms with E-state index in [4.69, 9.17) is 0 Å². The van der Waals surface area contributed by atoms with Crippen LogP contribution in [0.4, 0.5) is 13.2 Å². The standard InChI is InChI=1S/C12H14F3NO/c1-7(2)9-5-10(9)11-4-3-8(6-16-11)17-12(13,14)15/h3-4,6-7,9-10H,5H2,1-2H3/t9-,10+/m1/s1. The maximum Gasteiger partial charge on any atom is 0.573 e. The predicted molar refractivity (Wildman–Crippen MR) is 56.6 cm³/mol. The highest BCUT2D eigenvalue weighted by Crippen LogP contribution is 2.51. The zero-order valence-electron chi connectivity index (χ0n) is 9.66. The molecular formula is C12H14F3NO. The van der Waals surface area contributed by atoms with E-state index in [1.165, 1.54) is 6.07 Å². The van der Waals surface area contributed by atoms with Crippen LogP contribution < -0.4 is 4.74 Å². The molecule has 0 amide bonds. The minimum absolute atomic E-state index is 0.261. The summed E-state index contributed by atoms with van der Waals surface area (Å²) in [5.41, 5.74) is 0.859. The third-order valence-electron chi connectivity index (χ3n) is 3.07. The minimum atomic E-state index is -4.65. The van der Waals surface area contributed by atoms with Gasteiger partial charge in [-0.3, -0.25) is 4.98 Å². The van der Waals surface area contributed by atoms with Crippen LogP contribution in [0.3, 0.4) is 0 Å². The van der Waals surface area contributed by atoms with E-state index in [1.807, 2.05) is 0 Å². The van der Waals surface area contributed by atoms with E-state index in [2.05, 4.69) is 23.6 Å². The number of alkyl halides is 3. The quantitative estimate of drug-likeness (QED) is 0.809. The lowest BCUT2D eigenvalue weighted by molar-refractivity contribution is -0.274. The number of rotatable bonds is 3. The zero-order valence-corrected chi connectivity index (χ0v) is 9.66. The van der Waals surface area contributed by atoms with Gasteiger partial charge in [-0.15, -0.1) is 13.2 Å². The van der Waals surface area contributed by atoms with E-state index < -0.39 is 6.36 Å². The van der Waals surface area contributed by atoms with Crippen LogP contribution in [0.2, 0.25) is 0 Å². The molecule has 1 fully saturated rings. The van der Waals surface area contributed by atoms with Crippen molar-refractivity contribution in [2.75, 3.05) is 0 Å². The molecule has 0 aromatic carbocycles. The normalized spacial score (nSPS) is 23.9. The number of pyridine rings is 1. The Morgan fingerprint density at radius 1 is 1.35 bits per heavy atom. The summed E-state index contributed by atoms with van der Waals surface area (Å²) < 4.78 is 39.6. The lowest BCUT2D eigenvalue weighted by Gasteiger charge is -2.09. The van der Waals surface area contributed by atoms with Crippen molar-refractivity contribution in [2.45, 2.75) is 32.5 Å². The molecule has 1 aromatic heterocycles. The summed E-state index contributed by atoms with van der Waals surface area (Å²) in [5, 5.41) is 0. The van der Waals surface area contributed by atoms with Crippen molar-refractivity contribution in [1.29, 1.82) is 0 Å². The molecular weight excluding hydrogens is 231 g/mol. The van der Waals surface area contributed by atoms with Crippen LogP contribution >= 0.6 is 0 Å². The number of aromatic nitrogens is 1. The summed E-state index contributed by atoms with van der Waals surface area (Å²) in [5.74, 6) is 1.34. The van der Waals surface area contributed by atoms with Gasteiger partial charge in [-0.05, 0) is 30.4 Å². The fourth-order valence-electron chi connectivity index (χ4n) is 2.10. The molecule has 2 atom stereocenters. The topological polar surface area (TPSA) is 22.1 Å². The molecule has 2 rings (SSSR count). The van der Waals surface area contributed by atoms with E-state index in [0.29, 0.717) is 17.8 Å². The van der Waals surface area contributed by atoms with Crippen molar-refractivity contribution in [3.63, 3.8) is 0 Å². The van der Waals surface area contributed by atoms with Crippen LogP contribution in [0.1, 0.15) is 31.9 Å². The van der Waals surface area contributed by atoms with Crippen molar-refractivity contribution in [3.8, 4) is 5.75 Å². The van der Waals surface area contributed by atoms with E-state index >= 15 is 0 Å². The molecule has 94 valence electrons. The first kappa shape index (κ1) is 12.2. The van der Waals surface area contributed by atoms with Gasteiger partial charge in [-0.2, -0.15) is 0 Å². The number of halogens is 3. The molecule has 5 heteroatoms. The Morgan fingerprint density at radius 3 is 2.47 bits per heavy atom. The van der Waals surface area contributed by atoms with Crippen LogP contribution in [0.25, 0.3) is 0 Å². The van der Waals surface area contributed by atoms with Crippen molar-refractivity contribution in [1.82, 2.24) is 4.98 Å². The Morgan fingerprint density at radius 2 is 2.06 bits per heavy atom. The lowest BCUT2D eigenvalue weighted by Crippen LogP contribution is -2.17. The third-order valence-corrected chi connectivity index (χ3v) is 3.07. The van der Waals surface area contributed by atoms with E-state index in [0.717, 1.165) is 18.3 Å². The molecule has 1 saturated carbocycles. The second-order valence-corrected chi connectivity index (χ2v) is 4.72. The van der Waals surface area contributed by atoms with Gasteiger partial charge in [0, 0.05) is 11.6 Å². The van der Waals surface area contributed by atoms with Gasteiger partial charge in [0.2, 0.25) is 0 Å². The van der Waals surface area contributed by atoms with Gasteiger partial charge in [0.05, 0.1) is 6.20 Å². The zero-order chi connectivity index (χ0) is 12.6. The molecule has 0 aliphatic heterocycles. The van der Waals surface area contributed by atoms with Gasteiger partial charge in [0.1, 0.15) is 5.75 Å². The van der Waals surface area contributed by atoms with Crippen molar-refractivity contribution in [3.05, 3.63) is 24.0 Å². The Balaban J connectivity index is 2.00. The fourth-order valence-corrected chi connectivity index (χ4v) is 2.10. The van der Waals surface area contributed by atoms with Gasteiger partial charge in [0.25, 0.3) is 0 Å². The molecule has 1 aromatic rings. The largest absolute Gasteiger partial charge is 0.573 e. The molecule has 0 unspecified atom stereocenters. The summed E-state index contributed by atoms with van der Waals surface area (Å²) in [4.78, 5) is 4.03. The van der Waals surface area contributed by atoms with E-state index in [1.54, 1.807) is 6.07 Å². The van der Waals surface area contributed by atoms with E-state index in [9.17, 15) is 13.2 Å². The molecule has 0 spiro atoms. The lowest BCUT2D eigenvalue weighted by atomic mass is 10.1. The summed E-state index contributed by atoms with van der Waals surface area (Å²) in [6, 6.07) is 2.94. The Hall–Kier alpha value is -1.26.